The Bertz CT molecular complexity index is 1090. The van der Waals surface area contributed by atoms with Crippen molar-refractivity contribution in [3.05, 3.63) is 71.8 Å². The van der Waals surface area contributed by atoms with Crippen LogP contribution in [0.2, 0.25) is 0 Å². The van der Waals surface area contributed by atoms with Crippen molar-refractivity contribution in [3.63, 3.8) is 0 Å². The van der Waals surface area contributed by atoms with Crippen LogP contribution < -0.4 is 9.47 Å². The Morgan fingerprint density at radius 3 is 1.86 bits per heavy atom. The maximum absolute atomic E-state index is 12.5. The van der Waals surface area contributed by atoms with Gasteiger partial charge in [0.25, 0.3) is 0 Å². The number of esters is 1. The zero-order valence-corrected chi connectivity index (χ0v) is 20.6. The number of benzene rings is 3. The minimum Gasteiger partial charge on any atom is -0.494 e. The molecule has 3 aromatic rings. The zero-order chi connectivity index (χ0) is 24.9. The van der Waals surface area contributed by atoms with Crippen molar-refractivity contribution in [1.29, 1.82) is 0 Å². The van der Waals surface area contributed by atoms with Gasteiger partial charge in [0.2, 0.25) is 0 Å². The largest absolute Gasteiger partial charge is 0.494 e. The molecule has 0 atom stereocenters. The van der Waals surface area contributed by atoms with Gasteiger partial charge in [0.1, 0.15) is 11.5 Å². The van der Waals surface area contributed by atoms with E-state index in [1.807, 2.05) is 0 Å². The Balaban J connectivity index is 1.37. The third kappa shape index (κ3) is 8.75. The molecule has 3 aromatic carbocycles. The lowest BCUT2D eigenvalue weighted by Crippen LogP contribution is -2.08. The number of ether oxygens (including phenoxy) is 2. The van der Waals surface area contributed by atoms with E-state index >= 15 is 0 Å². The van der Waals surface area contributed by atoms with Crippen LogP contribution in [-0.2, 0) is 0 Å². The maximum Gasteiger partial charge on any atom is 0.343 e. The van der Waals surface area contributed by atoms with Crippen LogP contribution in [0.25, 0.3) is 10.8 Å². The number of aromatic carboxylic acids is 1. The number of carboxylic acids is 1. The van der Waals surface area contributed by atoms with Gasteiger partial charge in [-0.15, -0.1) is 0 Å². The number of fused-ring (bicyclic) bond motifs is 1. The molecule has 0 heterocycles. The Morgan fingerprint density at radius 2 is 1.20 bits per heavy atom. The second-order valence-electron chi connectivity index (χ2n) is 8.97. The quantitative estimate of drug-likeness (QED) is 0.136. The van der Waals surface area contributed by atoms with E-state index in [0.29, 0.717) is 17.9 Å². The summed E-state index contributed by atoms with van der Waals surface area (Å²) < 4.78 is 11.3. The number of carbonyl (C=O) groups excluding carboxylic acids is 1. The summed E-state index contributed by atoms with van der Waals surface area (Å²) in [5, 5.41) is 10.7. The Labute approximate surface area is 208 Å². The summed E-state index contributed by atoms with van der Waals surface area (Å²) in [5.41, 5.74) is 0.662. The van der Waals surface area contributed by atoms with Crippen molar-refractivity contribution in [2.75, 3.05) is 6.61 Å². The Kier molecular flexibility index (Phi) is 10.6. The van der Waals surface area contributed by atoms with Crippen molar-refractivity contribution in [2.45, 2.75) is 71.1 Å². The first kappa shape index (κ1) is 26.3. The van der Waals surface area contributed by atoms with Gasteiger partial charge in [-0.1, -0.05) is 76.8 Å². The summed E-state index contributed by atoms with van der Waals surface area (Å²) >= 11 is 0. The SMILES string of the molecule is CCCCCCCCCCCCOc1ccc(C(=O)Oc2ccc3cc(C(=O)O)ccc3c2)cc1. The monoisotopic (exact) mass is 476 g/mol. The van der Waals surface area contributed by atoms with E-state index in [0.717, 1.165) is 22.9 Å². The van der Waals surface area contributed by atoms with E-state index in [1.54, 1.807) is 54.6 Å². The van der Waals surface area contributed by atoms with Crippen molar-refractivity contribution in [2.24, 2.45) is 0 Å². The molecule has 0 spiro atoms. The van der Waals surface area contributed by atoms with E-state index in [9.17, 15) is 9.59 Å². The number of unbranched alkanes of at least 4 members (excludes halogenated alkanes) is 9. The Hall–Kier alpha value is -3.34. The van der Waals surface area contributed by atoms with Crippen LogP contribution in [0.15, 0.2) is 60.7 Å². The molecular weight excluding hydrogens is 440 g/mol. The summed E-state index contributed by atoms with van der Waals surface area (Å²) in [7, 11) is 0. The number of rotatable bonds is 15. The average molecular weight is 477 g/mol. The fraction of sp³-hybridized carbons (Fsp3) is 0.400. The van der Waals surface area contributed by atoms with Gasteiger partial charge >= 0.3 is 11.9 Å². The lowest BCUT2D eigenvalue weighted by Gasteiger charge is -2.08. The predicted molar refractivity (Wildman–Crippen MR) is 140 cm³/mol. The fourth-order valence-electron chi connectivity index (χ4n) is 4.05. The van der Waals surface area contributed by atoms with Gasteiger partial charge in [-0.3, -0.25) is 0 Å². The molecule has 0 saturated heterocycles. The molecule has 0 aromatic heterocycles. The van der Waals surface area contributed by atoms with Gasteiger partial charge in [0, 0.05) is 0 Å². The van der Waals surface area contributed by atoms with E-state index in [1.165, 1.54) is 63.9 Å². The van der Waals surface area contributed by atoms with Gasteiger partial charge in [-0.2, -0.15) is 0 Å². The standard InChI is InChI=1S/C30H36O5/c1-2-3-4-5-6-7-8-9-10-11-20-34-27-17-14-23(15-18-27)30(33)35-28-19-16-24-21-26(29(31)32)13-12-25(24)22-28/h12-19,21-22H,2-11,20H2,1H3,(H,31,32). The lowest BCUT2D eigenvalue weighted by atomic mass is 10.1. The highest BCUT2D eigenvalue weighted by Gasteiger charge is 2.10. The van der Waals surface area contributed by atoms with Crippen molar-refractivity contribution in [1.82, 2.24) is 0 Å². The van der Waals surface area contributed by atoms with Gasteiger partial charge in [0.05, 0.1) is 17.7 Å². The fourth-order valence-corrected chi connectivity index (χ4v) is 4.05. The molecule has 0 saturated carbocycles. The number of carboxylic acid groups (broad SMARTS) is 1. The molecule has 0 aliphatic heterocycles. The minimum absolute atomic E-state index is 0.220. The molecule has 0 bridgehead atoms. The number of hydrogen-bond donors (Lipinski definition) is 1. The molecular formula is C30H36O5. The molecule has 0 radical (unpaired) electrons. The molecule has 0 unspecified atom stereocenters. The third-order valence-electron chi connectivity index (χ3n) is 6.13. The van der Waals surface area contributed by atoms with E-state index in [-0.39, 0.29) is 5.56 Å². The zero-order valence-electron chi connectivity index (χ0n) is 20.6. The van der Waals surface area contributed by atoms with Gasteiger partial charge in [0.15, 0.2) is 0 Å². The second kappa shape index (κ2) is 14.1. The highest BCUT2D eigenvalue weighted by Crippen LogP contribution is 2.23. The molecule has 35 heavy (non-hydrogen) atoms. The van der Waals surface area contributed by atoms with Crippen LogP contribution >= 0.6 is 0 Å². The third-order valence-corrected chi connectivity index (χ3v) is 6.13. The summed E-state index contributed by atoms with van der Waals surface area (Å²) in [4.78, 5) is 23.6. The first-order valence-corrected chi connectivity index (χ1v) is 12.8. The van der Waals surface area contributed by atoms with E-state index in [2.05, 4.69) is 6.92 Å². The van der Waals surface area contributed by atoms with Crippen molar-refractivity contribution >= 4 is 22.7 Å². The summed E-state index contributed by atoms with van der Waals surface area (Å²) in [5.74, 6) is -0.268. The van der Waals surface area contributed by atoms with Crippen LogP contribution in [0.3, 0.4) is 0 Å². The van der Waals surface area contributed by atoms with Crippen LogP contribution in [0.4, 0.5) is 0 Å². The predicted octanol–water partition coefficient (Wildman–Crippen LogP) is 8.06. The van der Waals surface area contributed by atoms with E-state index < -0.39 is 11.9 Å². The molecule has 0 aliphatic rings. The van der Waals surface area contributed by atoms with Gasteiger partial charge in [-0.25, -0.2) is 9.59 Å². The first-order chi connectivity index (χ1) is 17.1. The summed E-state index contributed by atoms with van der Waals surface area (Å²) in [6.07, 6.45) is 12.9. The van der Waals surface area contributed by atoms with Crippen LogP contribution in [-0.4, -0.2) is 23.7 Å². The smallest absolute Gasteiger partial charge is 0.343 e. The molecule has 5 heteroatoms. The minimum atomic E-state index is -0.974. The topological polar surface area (TPSA) is 72.8 Å². The molecule has 1 N–H and O–H groups in total. The molecule has 5 nitrogen and oxygen atoms in total. The Morgan fingerprint density at radius 1 is 0.657 bits per heavy atom. The van der Waals surface area contributed by atoms with Crippen LogP contribution in [0.1, 0.15) is 91.8 Å². The highest BCUT2D eigenvalue weighted by atomic mass is 16.5. The lowest BCUT2D eigenvalue weighted by molar-refractivity contribution is 0.0694. The molecule has 186 valence electrons. The van der Waals surface area contributed by atoms with Crippen molar-refractivity contribution < 1.29 is 24.2 Å². The molecule has 0 aliphatic carbocycles. The van der Waals surface area contributed by atoms with Crippen molar-refractivity contribution in [3.8, 4) is 11.5 Å². The molecule has 0 fully saturated rings. The van der Waals surface area contributed by atoms with Gasteiger partial charge in [-0.05, 0) is 65.7 Å². The number of carbonyl (C=O) groups is 2. The summed E-state index contributed by atoms with van der Waals surface area (Å²) in [6.45, 7) is 2.93. The first-order valence-electron chi connectivity index (χ1n) is 12.8. The summed E-state index contributed by atoms with van der Waals surface area (Å²) in [6, 6.07) is 17.0. The molecule has 0 amide bonds. The normalized spacial score (nSPS) is 10.9. The van der Waals surface area contributed by atoms with Crippen LogP contribution in [0.5, 0.6) is 11.5 Å². The number of hydrogen-bond acceptors (Lipinski definition) is 4. The average Bonchev–Trinajstić information content (AvgIpc) is 2.87. The molecule has 3 rings (SSSR count). The maximum atomic E-state index is 12.5. The second-order valence-corrected chi connectivity index (χ2v) is 8.97. The highest BCUT2D eigenvalue weighted by molar-refractivity contribution is 5.95. The van der Waals surface area contributed by atoms with Gasteiger partial charge < -0.3 is 14.6 Å². The van der Waals surface area contributed by atoms with E-state index in [4.69, 9.17) is 14.6 Å². The van der Waals surface area contributed by atoms with Crippen LogP contribution in [0, 0.1) is 0 Å².